The highest BCUT2D eigenvalue weighted by atomic mass is 16.5. The smallest absolute Gasteiger partial charge is 0.336 e. The van der Waals surface area contributed by atoms with Crippen LogP contribution in [0.25, 0.3) is 11.0 Å². The van der Waals surface area contributed by atoms with Crippen molar-refractivity contribution in [3.63, 3.8) is 0 Å². The van der Waals surface area contributed by atoms with Crippen molar-refractivity contribution in [3.8, 4) is 11.5 Å². The first kappa shape index (κ1) is 18.2. The molecule has 0 fully saturated rings. The molecule has 4 aromatic rings. The van der Waals surface area contributed by atoms with Crippen molar-refractivity contribution in [1.29, 1.82) is 0 Å². The Labute approximate surface area is 164 Å². The lowest BCUT2D eigenvalue weighted by Gasteiger charge is -2.09. The number of aromatic hydroxyl groups is 1. The maximum Gasteiger partial charge on any atom is 0.336 e. The van der Waals surface area contributed by atoms with Gasteiger partial charge < -0.3 is 25.3 Å². The molecule has 0 bridgehead atoms. The number of fused-ring (bicyclic) bond motifs is 1. The van der Waals surface area contributed by atoms with Gasteiger partial charge in [0.25, 0.3) is 0 Å². The summed E-state index contributed by atoms with van der Waals surface area (Å²) in [6, 6.07) is 13.2. The van der Waals surface area contributed by atoms with E-state index in [0.29, 0.717) is 22.8 Å². The molecule has 146 valence electrons. The lowest BCUT2D eigenvalue weighted by Crippen LogP contribution is -2.09. The lowest BCUT2D eigenvalue weighted by molar-refractivity contribution is 0.296. The number of benzene rings is 2. The Morgan fingerprint density at radius 1 is 1.14 bits per heavy atom. The minimum absolute atomic E-state index is 0.0291. The average Bonchev–Trinajstić information content (AvgIpc) is 2.65. The van der Waals surface area contributed by atoms with Crippen LogP contribution in [-0.2, 0) is 6.61 Å². The van der Waals surface area contributed by atoms with Crippen LogP contribution in [0.2, 0.25) is 0 Å². The molecule has 0 unspecified atom stereocenters. The van der Waals surface area contributed by atoms with Crippen molar-refractivity contribution in [2.45, 2.75) is 13.5 Å². The van der Waals surface area contributed by atoms with Crippen LogP contribution < -0.4 is 21.4 Å². The molecule has 4 rings (SSSR count). The van der Waals surface area contributed by atoms with E-state index in [0.717, 1.165) is 10.9 Å². The molecule has 2 aromatic carbocycles. The number of hydrogen-bond donors (Lipinski definition) is 3. The standard InChI is InChI=1S/C20H17N5O4/c1-11-7-18(27)29-16-9-14(5-6-15(11)16)28-10-17-23-19(21)25-20(24-17)22-12-3-2-4-13(26)8-12/h2-9,26H,10H2,1H3,(H3,21,22,23,24,25). The number of aryl methyl sites for hydroxylation is 1. The highest BCUT2D eigenvalue weighted by Crippen LogP contribution is 2.23. The van der Waals surface area contributed by atoms with E-state index in [2.05, 4.69) is 20.3 Å². The lowest BCUT2D eigenvalue weighted by atomic mass is 10.1. The fraction of sp³-hybridized carbons (Fsp3) is 0.100. The fourth-order valence-corrected chi connectivity index (χ4v) is 2.81. The minimum Gasteiger partial charge on any atom is -0.508 e. The number of rotatable bonds is 5. The zero-order chi connectivity index (χ0) is 20.4. The third kappa shape index (κ3) is 4.24. The molecule has 29 heavy (non-hydrogen) atoms. The first-order chi connectivity index (χ1) is 14.0. The molecule has 0 spiro atoms. The summed E-state index contributed by atoms with van der Waals surface area (Å²) in [5, 5.41) is 13.3. The molecular weight excluding hydrogens is 374 g/mol. The topological polar surface area (TPSA) is 136 Å². The molecular formula is C20H17N5O4. The van der Waals surface area contributed by atoms with Crippen LogP contribution in [0.1, 0.15) is 11.4 Å². The van der Waals surface area contributed by atoms with Crippen LogP contribution in [0.4, 0.5) is 17.6 Å². The molecule has 0 atom stereocenters. The van der Waals surface area contributed by atoms with E-state index in [1.807, 2.05) is 13.0 Å². The maximum atomic E-state index is 11.6. The molecule has 0 radical (unpaired) electrons. The van der Waals surface area contributed by atoms with E-state index < -0.39 is 5.63 Å². The average molecular weight is 391 g/mol. The number of nitrogen functional groups attached to an aromatic ring is 1. The van der Waals surface area contributed by atoms with Gasteiger partial charge in [-0.2, -0.15) is 15.0 Å². The molecule has 9 nitrogen and oxygen atoms in total. The Balaban J connectivity index is 1.53. The van der Waals surface area contributed by atoms with Gasteiger partial charge in [-0.05, 0) is 36.8 Å². The summed E-state index contributed by atoms with van der Waals surface area (Å²) in [5.74, 6) is 1.17. The van der Waals surface area contributed by atoms with Gasteiger partial charge in [-0.25, -0.2) is 4.79 Å². The number of nitrogens with zero attached hydrogens (tertiary/aromatic N) is 3. The molecule has 0 aliphatic rings. The molecule has 0 saturated carbocycles. The number of nitrogens with one attached hydrogen (secondary N) is 1. The maximum absolute atomic E-state index is 11.6. The Morgan fingerprint density at radius 3 is 2.83 bits per heavy atom. The van der Waals surface area contributed by atoms with Gasteiger partial charge in [-0.3, -0.25) is 0 Å². The number of phenols is 1. The van der Waals surface area contributed by atoms with Crippen molar-refractivity contribution in [2.24, 2.45) is 0 Å². The summed E-state index contributed by atoms with van der Waals surface area (Å²) < 4.78 is 10.9. The number of anilines is 3. The number of phenolic OH excluding ortho intramolecular Hbond substituents is 1. The van der Waals surface area contributed by atoms with E-state index in [1.165, 1.54) is 12.1 Å². The second-order valence-electron chi connectivity index (χ2n) is 6.30. The normalized spacial score (nSPS) is 10.8. The van der Waals surface area contributed by atoms with Crippen LogP contribution in [0, 0.1) is 6.92 Å². The second kappa shape index (κ2) is 7.47. The van der Waals surface area contributed by atoms with Crippen LogP contribution in [0.15, 0.2) is 57.7 Å². The predicted octanol–water partition coefficient (Wildman–Crippen LogP) is 2.90. The van der Waals surface area contributed by atoms with E-state index >= 15 is 0 Å². The quantitative estimate of drug-likeness (QED) is 0.439. The summed E-state index contributed by atoms with van der Waals surface area (Å²) in [6.07, 6.45) is 0. The zero-order valence-corrected chi connectivity index (χ0v) is 15.4. The van der Waals surface area contributed by atoms with Crippen LogP contribution in [-0.4, -0.2) is 20.1 Å². The molecule has 4 N–H and O–H groups in total. The van der Waals surface area contributed by atoms with Gasteiger partial charge >= 0.3 is 5.63 Å². The molecule has 2 aromatic heterocycles. The predicted molar refractivity (Wildman–Crippen MR) is 107 cm³/mol. The summed E-state index contributed by atoms with van der Waals surface area (Å²) in [4.78, 5) is 23.9. The number of hydrogen-bond acceptors (Lipinski definition) is 9. The van der Waals surface area contributed by atoms with Gasteiger partial charge in [0.15, 0.2) is 5.82 Å². The van der Waals surface area contributed by atoms with Gasteiger partial charge in [0.2, 0.25) is 11.9 Å². The molecule has 0 aliphatic heterocycles. The SMILES string of the molecule is Cc1cc(=O)oc2cc(OCc3nc(N)nc(Nc4cccc(O)c4)n3)ccc12. The summed E-state index contributed by atoms with van der Waals surface area (Å²) in [6.45, 7) is 1.87. The van der Waals surface area contributed by atoms with E-state index in [9.17, 15) is 9.90 Å². The van der Waals surface area contributed by atoms with Gasteiger partial charge in [-0.1, -0.05) is 6.07 Å². The van der Waals surface area contributed by atoms with Crippen LogP contribution in [0.3, 0.4) is 0 Å². The van der Waals surface area contributed by atoms with Gasteiger partial charge in [-0.15, -0.1) is 0 Å². The van der Waals surface area contributed by atoms with Crippen LogP contribution >= 0.6 is 0 Å². The zero-order valence-electron chi connectivity index (χ0n) is 15.4. The molecule has 0 saturated heterocycles. The summed E-state index contributed by atoms with van der Waals surface area (Å²) >= 11 is 0. The third-order valence-corrected chi connectivity index (χ3v) is 4.09. The van der Waals surface area contributed by atoms with E-state index in [1.54, 1.807) is 30.3 Å². The van der Waals surface area contributed by atoms with Crippen molar-refractivity contribution in [1.82, 2.24) is 15.0 Å². The number of ether oxygens (including phenoxy) is 1. The molecule has 2 heterocycles. The minimum atomic E-state index is -0.417. The molecule has 0 amide bonds. The Kier molecular flexibility index (Phi) is 4.70. The highest BCUT2D eigenvalue weighted by molar-refractivity contribution is 5.81. The van der Waals surface area contributed by atoms with Crippen molar-refractivity contribution >= 4 is 28.6 Å². The first-order valence-electron chi connectivity index (χ1n) is 8.70. The Hall–Kier alpha value is -4.14. The summed E-state index contributed by atoms with van der Waals surface area (Å²) in [7, 11) is 0. The van der Waals surface area contributed by atoms with Crippen molar-refractivity contribution < 1.29 is 14.3 Å². The van der Waals surface area contributed by atoms with E-state index in [-0.39, 0.29) is 24.3 Å². The van der Waals surface area contributed by atoms with Gasteiger partial charge in [0, 0.05) is 29.3 Å². The Bertz CT molecular complexity index is 1260. The number of aromatic nitrogens is 3. The largest absolute Gasteiger partial charge is 0.508 e. The third-order valence-electron chi connectivity index (χ3n) is 4.09. The van der Waals surface area contributed by atoms with Crippen molar-refractivity contribution in [3.05, 3.63) is 70.3 Å². The summed E-state index contributed by atoms with van der Waals surface area (Å²) in [5.41, 5.74) is 7.21. The number of nitrogens with two attached hydrogens (primary N) is 1. The Morgan fingerprint density at radius 2 is 2.00 bits per heavy atom. The molecule has 9 heteroatoms. The van der Waals surface area contributed by atoms with E-state index in [4.69, 9.17) is 14.9 Å². The van der Waals surface area contributed by atoms with Gasteiger partial charge in [0.05, 0.1) is 0 Å². The fourth-order valence-electron chi connectivity index (χ4n) is 2.81. The van der Waals surface area contributed by atoms with Crippen molar-refractivity contribution in [2.75, 3.05) is 11.1 Å². The molecule has 0 aliphatic carbocycles. The van der Waals surface area contributed by atoms with Gasteiger partial charge in [0.1, 0.15) is 23.7 Å². The monoisotopic (exact) mass is 391 g/mol. The highest BCUT2D eigenvalue weighted by Gasteiger charge is 2.08. The van der Waals surface area contributed by atoms with Crippen LogP contribution in [0.5, 0.6) is 11.5 Å². The first-order valence-corrected chi connectivity index (χ1v) is 8.70. The second-order valence-corrected chi connectivity index (χ2v) is 6.30.